The standard InChI is InChI=1S/C30H46O/c1-27(2,3)25(21-23-17-13-11-14-18-23)29(7,8)31-30(9,10)26(28(4,5)6)22-24-19-15-12-16-20-24/h11-20,25-26H,21-22H2,1-10H3. The zero-order valence-electron chi connectivity index (χ0n) is 21.8. The second-order valence-electron chi connectivity index (χ2n) is 12.5. The van der Waals surface area contributed by atoms with Crippen LogP contribution in [0.5, 0.6) is 0 Å². The van der Waals surface area contributed by atoms with Crippen LogP contribution in [0.3, 0.4) is 0 Å². The van der Waals surface area contributed by atoms with Crippen molar-refractivity contribution in [1.82, 2.24) is 0 Å². The molecular weight excluding hydrogens is 376 g/mol. The van der Waals surface area contributed by atoms with Gasteiger partial charge in [-0.25, -0.2) is 0 Å². The molecule has 1 heteroatoms. The maximum atomic E-state index is 7.15. The minimum Gasteiger partial charge on any atom is -0.369 e. The van der Waals surface area contributed by atoms with Crippen LogP contribution in [0.1, 0.15) is 80.4 Å². The van der Waals surface area contributed by atoms with Crippen LogP contribution in [0.4, 0.5) is 0 Å². The van der Waals surface area contributed by atoms with E-state index in [9.17, 15) is 0 Å². The van der Waals surface area contributed by atoms with Crippen LogP contribution >= 0.6 is 0 Å². The maximum absolute atomic E-state index is 7.15. The molecule has 0 saturated carbocycles. The fraction of sp³-hybridized carbons (Fsp3) is 0.600. The van der Waals surface area contributed by atoms with Gasteiger partial charge in [-0.1, -0.05) is 102 Å². The molecule has 0 aliphatic carbocycles. The molecule has 2 aromatic carbocycles. The molecule has 0 heterocycles. The molecule has 31 heavy (non-hydrogen) atoms. The number of hydrogen-bond acceptors (Lipinski definition) is 1. The van der Waals surface area contributed by atoms with Gasteiger partial charge in [0.05, 0.1) is 11.2 Å². The van der Waals surface area contributed by atoms with E-state index in [0.717, 1.165) is 12.8 Å². The smallest absolute Gasteiger partial charge is 0.0670 e. The first kappa shape index (κ1) is 25.7. The number of benzene rings is 2. The number of ether oxygens (including phenoxy) is 1. The van der Waals surface area contributed by atoms with Crippen LogP contribution in [0.25, 0.3) is 0 Å². The number of rotatable bonds is 8. The van der Waals surface area contributed by atoms with Gasteiger partial charge in [-0.15, -0.1) is 0 Å². The van der Waals surface area contributed by atoms with E-state index in [-0.39, 0.29) is 22.0 Å². The van der Waals surface area contributed by atoms with Crippen LogP contribution in [0.15, 0.2) is 60.7 Å². The van der Waals surface area contributed by atoms with E-state index in [1.807, 2.05) is 0 Å². The summed E-state index contributed by atoms with van der Waals surface area (Å²) in [4.78, 5) is 0. The monoisotopic (exact) mass is 422 g/mol. The highest BCUT2D eigenvalue weighted by molar-refractivity contribution is 5.18. The highest BCUT2D eigenvalue weighted by Crippen LogP contribution is 2.46. The quantitative estimate of drug-likeness (QED) is 0.415. The largest absolute Gasteiger partial charge is 0.369 e. The van der Waals surface area contributed by atoms with E-state index in [4.69, 9.17) is 4.74 Å². The third-order valence-electron chi connectivity index (χ3n) is 6.86. The minimum atomic E-state index is -0.266. The fourth-order valence-corrected chi connectivity index (χ4v) is 5.71. The molecular formula is C30H46O. The summed E-state index contributed by atoms with van der Waals surface area (Å²) in [6, 6.07) is 21.7. The second kappa shape index (κ2) is 9.49. The Morgan fingerprint density at radius 1 is 0.516 bits per heavy atom. The van der Waals surface area contributed by atoms with E-state index < -0.39 is 0 Å². The molecule has 2 rings (SSSR count). The molecule has 0 spiro atoms. The van der Waals surface area contributed by atoms with Gasteiger partial charge in [0.15, 0.2) is 0 Å². The SMILES string of the molecule is CC(C)(C)C(Cc1ccccc1)C(C)(C)OC(C)(C)C(Cc1ccccc1)C(C)(C)C. The van der Waals surface area contributed by atoms with Crippen molar-refractivity contribution in [2.75, 3.05) is 0 Å². The Bertz CT molecular complexity index is 718. The summed E-state index contributed by atoms with van der Waals surface area (Å²) in [5, 5.41) is 0. The Balaban J connectivity index is 2.34. The predicted octanol–water partition coefficient (Wildman–Crippen LogP) is 8.37. The first-order valence-corrected chi connectivity index (χ1v) is 11.9. The average molecular weight is 423 g/mol. The van der Waals surface area contributed by atoms with E-state index >= 15 is 0 Å². The van der Waals surface area contributed by atoms with Crippen molar-refractivity contribution in [1.29, 1.82) is 0 Å². The van der Waals surface area contributed by atoms with Gasteiger partial charge in [0.25, 0.3) is 0 Å². The number of hydrogen-bond donors (Lipinski definition) is 0. The van der Waals surface area contributed by atoms with Gasteiger partial charge < -0.3 is 4.74 Å². The summed E-state index contributed by atoms with van der Waals surface area (Å²) in [5.74, 6) is 0.776. The molecule has 0 amide bonds. The van der Waals surface area contributed by atoms with Crippen LogP contribution in [0.2, 0.25) is 0 Å². The van der Waals surface area contributed by atoms with Crippen LogP contribution in [-0.2, 0) is 17.6 Å². The zero-order chi connectivity index (χ0) is 23.5. The lowest BCUT2D eigenvalue weighted by Crippen LogP contribution is -2.53. The third kappa shape index (κ3) is 7.21. The van der Waals surface area contributed by atoms with Crippen molar-refractivity contribution in [3.63, 3.8) is 0 Å². The Kier molecular flexibility index (Phi) is 7.85. The molecule has 2 unspecified atom stereocenters. The van der Waals surface area contributed by atoms with Gasteiger partial charge in [-0.2, -0.15) is 0 Å². The Morgan fingerprint density at radius 2 is 0.806 bits per heavy atom. The minimum absolute atomic E-state index is 0.131. The Labute approximate surface area is 192 Å². The lowest BCUT2D eigenvalue weighted by atomic mass is 9.66. The lowest BCUT2D eigenvalue weighted by Gasteiger charge is -2.51. The van der Waals surface area contributed by atoms with Gasteiger partial charge >= 0.3 is 0 Å². The molecule has 0 fully saturated rings. The Hall–Kier alpha value is -1.60. The molecule has 2 atom stereocenters. The first-order valence-electron chi connectivity index (χ1n) is 11.9. The van der Waals surface area contributed by atoms with Gasteiger partial charge in [0, 0.05) is 0 Å². The summed E-state index contributed by atoms with van der Waals surface area (Å²) in [5.41, 5.74) is 2.50. The summed E-state index contributed by atoms with van der Waals surface area (Å²) in [7, 11) is 0. The molecule has 0 radical (unpaired) electrons. The zero-order valence-corrected chi connectivity index (χ0v) is 21.8. The van der Waals surface area contributed by atoms with E-state index in [0.29, 0.717) is 11.8 Å². The van der Waals surface area contributed by atoms with Gasteiger partial charge in [0.1, 0.15) is 0 Å². The third-order valence-corrected chi connectivity index (χ3v) is 6.86. The van der Waals surface area contributed by atoms with Crippen molar-refractivity contribution < 1.29 is 4.74 Å². The molecule has 2 aromatic rings. The highest BCUT2D eigenvalue weighted by atomic mass is 16.5. The molecule has 1 nitrogen and oxygen atoms in total. The molecule has 0 aliphatic rings. The van der Waals surface area contributed by atoms with Crippen LogP contribution in [0, 0.1) is 22.7 Å². The van der Waals surface area contributed by atoms with Gasteiger partial charge in [-0.3, -0.25) is 0 Å². The molecule has 0 saturated heterocycles. The topological polar surface area (TPSA) is 9.23 Å². The van der Waals surface area contributed by atoms with E-state index in [1.165, 1.54) is 11.1 Å². The van der Waals surface area contributed by atoms with Crippen LogP contribution in [-0.4, -0.2) is 11.2 Å². The molecule has 0 N–H and O–H groups in total. The van der Waals surface area contributed by atoms with Crippen molar-refractivity contribution in [3.05, 3.63) is 71.8 Å². The van der Waals surface area contributed by atoms with E-state index in [2.05, 4.69) is 130 Å². The van der Waals surface area contributed by atoms with Crippen molar-refractivity contribution in [3.8, 4) is 0 Å². The van der Waals surface area contributed by atoms with Crippen molar-refractivity contribution in [2.45, 2.75) is 93.3 Å². The van der Waals surface area contributed by atoms with E-state index in [1.54, 1.807) is 0 Å². The lowest BCUT2D eigenvalue weighted by molar-refractivity contribution is -0.200. The molecule has 0 bridgehead atoms. The first-order chi connectivity index (χ1) is 14.1. The maximum Gasteiger partial charge on any atom is 0.0670 e. The fourth-order valence-electron chi connectivity index (χ4n) is 5.71. The molecule has 172 valence electrons. The highest BCUT2D eigenvalue weighted by Gasteiger charge is 2.46. The Morgan fingerprint density at radius 3 is 1.06 bits per heavy atom. The molecule has 0 aromatic heterocycles. The van der Waals surface area contributed by atoms with Gasteiger partial charge in [0.2, 0.25) is 0 Å². The predicted molar refractivity (Wildman–Crippen MR) is 135 cm³/mol. The average Bonchev–Trinajstić information content (AvgIpc) is 2.63. The molecule has 0 aliphatic heterocycles. The normalized spacial score (nSPS) is 15.5. The summed E-state index contributed by atoms with van der Waals surface area (Å²) < 4.78 is 7.15. The summed E-state index contributed by atoms with van der Waals surface area (Å²) in [6.07, 6.45) is 2.04. The van der Waals surface area contributed by atoms with Crippen molar-refractivity contribution in [2.24, 2.45) is 22.7 Å². The second-order valence-corrected chi connectivity index (χ2v) is 12.5. The van der Waals surface area contributed by atoms with Crippen molar-refractivity contribution >= 4 is 0 Å². The summed E-state index contributed by atoms with van der Waals surface area (Å²) in [6.45, 7) is 23.3. The van der Waals surface area contributed by atoms with Gasteiger partial charge in [-0.05, 0) is 74.3 Å². The van der Waals surface area contributed by atoms with Crippen LogP contribution < -0.4 is 0 Å². The summed E-state index contributed by atoms with van der Waals surface area (Å²) >= 11 is 0.